The molecule has 0 heterocycles. The van der Waals surface area contributed by atoms with Crippen LogP contribution in [0.1, 0.15) is 22.8 Å². The van der Waals surface area contributed by atoms with Crippen molar-refractivity contribution in [1.82, 2.24) is 5.43 Å². The molecular weight excluding hydrogens is 316 g/mol. The largest absolute Gasteiger partial charge is 0.504 e. The van der Waals surface area contributed by atoms with Gasteiger partial charge in [-0.2, -0.15) is 5.10 Å². The normalized spacial score (nSPS) is 10.9. The summed E-state index contributed by atoms with van der Waals surface area (Å²) >= 11 is 0. The minimum Gasteiger partial charge on any atom is -0.504 e. The van der Waals surface area contributed by atoms with E-state index in [1.807, 2.05) is 43.3 Å². The van der Waals surface area contributed by atoms with E-state index in [-0.39, 0.29) is 11.7 Å². The first-order valence-electron chi connectivity index (χ1n) is 7.96. The van der Waals surface area contributed by atoms with E-state index < -0.39 is 0 Å². The molecule has 1 amide bonds. The van der Waals surface area contributed by atoms with Crippen molar-refractivity contribution >= 4 is 22.9 Å². The number of amides is 1. The molecule has 5 nitrogen and oxygen atoms in total. The number of rotatable bonds is 5. The number of carbonyl (C=O) groups excluding carboxylic acids is 1. The third-order valence-electron chi connectivity index (χ3n) is 3.73. The van der Waals surface area contributed by atoms with Gasteiger partial charge in [0, 0.05) is 11.1 Å². The highest BCUT2D eigenvalue weighted by Crippen LogP contribution is 2.28. The van der Waals surface area contributed by atoms with Crippen LogP contribution in [-0.4, -0.2) is 23.8 Å². The van der Waals surface area contributed by atoms with Gasteiger partial charge in [0.25, 0.3) is 5.91 Å². The van der Waals surface area contributed by atoms with Gasteiger partial charge >= 0.3 is 0 Å². The Morgan fingerprint density at radius 1 is 1.12 bits per heavy atom. The molecule has 3 aromatic carbocycles. The first-order valence-corrected chi connectivity index (χ1v) is 7.96. The molecule has 126 valence electrons. The number of phenolic OH excluding ortho intramolecular Hbond substituents is 1. The minimum atomic E-state index is -0.312. The molecule has 0 bridgehead atoms. The van der Waals surface area contributed by atoms with Crippen LogP contribution >= 0.6 is 0 Å². The number of nitrogens with one attached hydrogen (secondary N) is 1. The van der Waals surface area contributed by atoms with Crippen LogP contribution in [0.2, 0.25) is 0 Å². The lowest BCUT2D eigenvalue weighted by atomic mass is 10.0. The van der Waals surface area contributed by atoms with E-state index in [0.717, 1.165) is 10.8 Å². The summed E-state index contributed by atoms with van der Waals surface area (Å²) in [4.78, 5) is 12.4. The van der Waals surface area contributed by atoms with Crippen molar-refractivity contribution in [2.75, 3.05) is 6.61 Å². The van der Waals surface area contributed by atoms with Crippen LogP contribution < -0.4 is 10.2 Å². The second-order valence-electron chi connectivity index (χ2n) is 5.35. The highest BCUT2D eigenvalue weighted by molar-refractivity contribution is 6.07. The van der Waals surface area contributed by atoms with Crippen molar-refractivity contribution in [3.8, 4) is 11.5 Å². The van der Waals surface area contributed by atoms with Gasteiger partial charge in [-0.1, -0.05) is 42.5 Å². The Hall–Kier alpha value is -3.34. The zero-order chi connectivity index (χ0) is 17.6. The fourth-order valence-electron chi connectivity index (χ4n) is 2.56. The van der Waals surface area contributed by atoms with Crippen molar-refractivity contribution in [1.29, 1.82) is 0 Å². The predicted octanol–water partition coefficient (Wildman–Crippen LogP) is 3.71. The summed E-state index contributed by atoms with van der Waals surface area (Å²) in [5, 5.41) is 15.9. The number of para-hydroxylation sites is 1. The highest BCUT2D eigenvalue weighted by Gasteiger charge is 2.09. The van der Waals surface area contributed by atoms with Crippen molar-refractivity contribution in [3.05, 3.63) is 71.8 Å². The van der Waals surface area contributed by atoms with Crippen LogP contribution in [0.4, 0.5) is 0 Å². The summed E-state index contributed by atoms with van der Waals surface area (Å²) in [6.45, 7) is 2.29. The fourth-order valence-corrected chi connectivity index (χ4v) is 2.56. The third kappa shape index (κ3) is 3.61. The average molecular weight is 334 g/mol. The number of nitrogens with zero attached hydrogens (tertiary/aromatic N) is 1. The Bertz CT molecular complexity index is 930. The number of hydrogen-bond donors (Lipinski definition) is 2. The van der Waals surface area contributed by atoms with Crippen LogP contribution in [-0.2, 0) is 0 Å². The van der Waals surface area contributed by atoms with Gasteiger partial charge in [0.1, 0.15) is 0 Å². The molecular formula is C20H18N2O3. The highest BCUT2D eigenvalue weighted by atomic mass is 16.5. The fraction of sp³-hybridized carbons (Fsp3) is 0.100. The summed E-state index contributed by atoms with van der Waals surface area (Å²) < 4.78 is 5.32. The Balaban J connectivity index is 1.78. The van der Waals surface area contributed by atoms with Gasteiger partial charge < -0.3 is 9.84 Å². The zero-order valence-corrected chi connectivity index (χ0v) is 13.8. The maximum atomic E-state index is 12.4. The molecule has 0 aliphatic rings. The van der Waals surface area contributed by atoms with Crippen LogP contribution in [0.3, 0.4) is 0 Å². The van der Waals surface area contributed by atoms with Crippen LogP contribution in [0.15, 0.2) is 65.8 Å². The molecule has 0 spiro atoms. The molecule has 0 radical (unpaired) electrons. The number of hydrazone groups is 1. The summed E-state index contributed by atoms with van der Waals surface area (Å²) in [7, 11) is 0. The van der Waals surface area contributed by atoms with Crippen molar-refractivity contribution in [2.24, 2.45) is 5.10 Å². The van der Waals surface area contributed by atoms with Gasteiger partial charge in [-0.25, -0.2) is 5.43 Å². The van der Waals surface area contributed by atoms with Gasteiger partial charge in [-0.3, -0.25) is 4.79 Å². The molecule has 0 aromatic heterocycles. The van der Waals surface area contributed by atoms with Gasteiger partial charge in [0.15, 0.2) is 11.5 Å². The van der Waals surface area contributed by atoms with Crippen molar-refractivity contribution < 1.29 is 14.6 Å². The molecule has 0 saturated carbocycles. The van der Waals surface area contributed by atoms with Crippen LogP contribution in [0, 0.1) is 0 Å². The quantitative estimate of drug-likeness (QED) is 0.552. The average Bonchev–Trinajstić information content (AvgIpc) is 2.64. The summed E-state index contributed by atoms with van der Waals surface area (Å²) in [5.41, 5.74) is 3.50. The third-order valence-corrected chi connectivity index (χ3v) is 3.73. The smallest absolute Gasteiger partial charge is 0.271 e. The molecule has 3 aromatic rings. The first kappa shape index (κ1) is 16.5. The van der Waals surface area contributed by atoms with E-state index in [0.29, 0.717) is 23.5 Å². The number of fused-ring (bicyclic) bond motifs is 1. The van der Waals surface area contributed by atoms with Gasteiger partial charge in [0.2, 0.25) is 0 Å². The maximum Gasteiger partial charge on any atom is 0.271 e. The van der Waals surface area contributed by atoms with E-state index >= 15 is 0 Å². The molecule has 0 aliphatic carbocycles. The lowest BCUT2D eigenvalue weighted by molar-refractivity contribution is 0.0957. The second kappa shape index (κ2) is 7.49. The summed E-state index contributed by atoms with van der Waals surface area (Å²) in [6.07, 6.45) is 1.39. The topological polar surface area (TPSA) is 70.9 Å². The number of hydrogen-bond acceptors (Lipinski definition) is 4. The Kier molecular flexibility index (Phi) is 4.95. The summed E-state index contributed by atoms with van der Waals surface area (Å²) in [5.74, 6) is 0.0628. The number of phenols is 1. The predicted molar refractivity (Wildman–Crippen MR) is 98.3 cm³/mol. The van der Waals surface area contributed by atoms with Gasteiger partial charge in [-0.05, 0) is 35.9 Å². The van der Waals surface area contributed by atoms with E-state index in [2.05, 4.69) is 10.5 Å². The lowest BCUT2D eigenvalue weighted by Crippen LogP contribution is -2.17. The number of carbonyl (C=O) groups is 1. The Morgan fingerprint density at radius 2 is 1.88 bits per heavy atom. The maximum absolute atomic E-state index is 12.4. The summed E-state index contributed by atoms with van der Waals surface area (Å²) in [6, 6.07) is 18.3. The number of ether oxygens (including phenoxy) is 1. The molecule has 0 atom stereocenters. The second-order valence-corrected chi connectivity index (χ2v) is 5.35. The van der Waals surface area contributed by atoms with Gasteiger partial charge in [-0.15, -0.1) is 0 Å². The SMILES string of the molecule is CCOc1cccc(C=NNC(=O)c2cccc3ccccc23)c1O. The number of benzene rings is 3. The Morgan fingerprint density at radius 3 is 2.72 bits per heavy atom. The number of aromatic hydroxyl groups is 1. The molecule has 3 rings (SSSR count). The molecule has 0 unspecified atom stereocenters. The zero-order valence-electron chi connectivity index (χ0n) is 13.8. The standard InChI is InChI=1S/C20H18N2O3/c1-2-25-18-12-6-9-15(19(18)23)13-21-22-20(24)17-11-5-8-14-7-3-4-10-16(14)17/h3-13,23H,2H2,1H3,(H,22,24). The minimum absolute atomic E-state index is 0.00694. The molecule has 5 heteroatoms. The first-order chi connectivity index (χ1) is 12.2. The van der Waals surface area contributed by atoms with Gasteiger partial charge in [0.05, 0.1) is 12.8 Å². The lowest BCUT2D eigenvalue weighted by Gasteiger charge is -2.07. The molecule has 0 fully saturated rings. The van der Waals surface area contributed by atoms with E-state index in [4.69, 9.17) is 4.74 Å². The van der Waals surface area contributed by atoms with Crippen molar-refractivity contribution in [3.63, 3.8) is 0 Å². The molecule has 2 N–H and O–H groups in total. The van der Waals surface area contributed by atoms with Crippen molar-refractivity contribution in [2.45, 2.75) is 6.92 Å². The molecule has 0 saturated heterocycles. The van der Waals surface area contributed by atoms with E-state index in [1.54, 1.807) is 24.3 Å². The molecule has 0 aliphatic heterocycles. The van der Waals surface area contributed by atoms with E-state index in [1.165, 1.54) is 6.21 Å². The van der Waals surface area contributed by atoms with Crippen LogP contribution in [0.25, 0.3) is 10.8 Å². The monoisotopic (exact) mass is 334 g/mol. The van der Waals surface area contributed by atoms with E-state index in [9.17, 15) is 9.90 Å². The Labute approximate surface area is 145 Å². The molecule has 25 heavy (non-hydrogen) atoms. The van der Waals surface area contributed by atoms with Crippen LogP contribution in [0.5, 0.6) is 11.5 Å².